The highest BCUT2D eigenvalue weighted by Crippen LogP contribution is 2.32. The smallest absolute Gasteiger partial charge is 0.228 e. The molecule has 0 atom stereocenters. The molecule has 0 unspecified atom stereocenters. The zero-order valence-electron chi connectivity index (χ0n) is 19.9. The molecule has 1 saturated heterocycles. The molecule has 0 saturated carbocycles. The summed E-state index contributed by atoms with van der Waals surface area (Å²) in [4.78, 5) is 13.6. The third-order valence-corrected chi connectivity index (χ3v) is 7.04. The Bertz CT molecular complexity index is 1170. The van der Waals surface area contributed by atoms with E-state index in [2.05, 4.69) is 38.3 Å². The van der Waals surface area contributed by atoms with Crippen LogP contribution in [0.3, 0.4) is 0 Å². The average molecular weight is 520 g/mol. The fourth-order valence-electron chi connectivity index (χ4n) is 3.98. The van der Waals surface area contributed by atoms with Gasteiger partial charge in [0.2, 0.25) is 5.88 Å². The zero-order chi connectivity index (χ0) is 24.9. The number of nitrogens with zero attached hydrogens (tertiary/aromatic N) is 4. The Kier molecular flexibility index (Phi) is 8.43. The number of benzene rings is 1. The number of pyridine rings is 2. The van der Waals surface area contributed by atoms with Crippen LogP contribution in [0.25, 0.3) is 11.3 Å². The van der Waals surface area contributed by atoms with Gasteiger partial charge in [-0.1, -0.05) is 17.7 Å². The van der Waals surface area contributed by atoms with Gasteiger partial charge in [-0.25, -0.2) is 13.8 Å². The van der Waals surface area contributed by atoms with E-state index in [1.807, 2.05) is 0 Å². The van der Waals surface area contributed by atoms with Crippen molar-refractivity contribution in [3.8, 4) is 17.1 Å². The Morgan fingerprint density at radius 2 is 1.86 bits per heavy atom. The lowest BCUT2D eigenvalue weighted by molar-refractivity contribution is 0.103. The summed E-state index contributed by atoms with van der Waals surface area (Å²) >= 11 is 7.28. The molecule has 3 aromatic rings. The number of halogens is 3. The van der Waals surface area contributed by atoms with Crippen molar-refractivity contribution >= 4 is 29.2 Å². The summed E-state index contributed by atoms with van der Waals surface area (Å²) in [5.41, 5.74) is 1.47. The number of rotatable bonds is 8. The maximum Gasteiger partial charge on any atom is 0.228 e. The summed E-state index contributed by atoms with van der Waals surface area (Å²) in [6, 6.07) is 8.87. The van der Waals surface area contributed by atoms with Crippen LogP contribution in [0.1, 0.15) is 19.4 Å². The first kappa shape index (κ1) is 25.6. The monoisotopic (exact) mass is 519 g/mol. The highest BCUT2D eigenvalue weighted by atomic mass is 35.5. The van der Waals surface area contributed by atoms with E-state index < -0.39 is 11.6 Å². The van der Waals surface area contributed by atoms with E-state index in [-0.39, 0.29) is 5.56 Å². The molecular weight excluding hydrogens is 492 g/mol. The first-order valence-corrected chi connectivity index (χ1v) is 12.6. The van der Waals surface area contributed by atoms with Crippen molar-refractivity contribution in [1.29, 1.82) is 0 Å². The summed E-state index contributed by atoms with van der Waals surface area (Å²) in [7, 11) is 1.53. The molecule has 1 N–H and O–H groups in total. The van der Waals surface area contributed by atoms with E-state index in [1.165, 1.54) is 25.3 Å². The van der Waals surface area contributed by atoms with Gasteiger partial charge in [0.15, 0.2) is 11.6 Å². The van der Waals surface area contributed by atoms with Crippen molar-refractivity contribution < 1.29 is 13.5 Å². The van der Waals surface area contributed by atoms with Gasteiger partial charge in [-0.3, -0.25) is 14.8 Å². The Morgan fingerprint density at radius 1 is 1.09 bits per heavy atom. The van der Waals surface area contributed by atoms with Crippen LogP contribution in [-0.2, 0) is 6.54 Å². The van der Waals surface area contributed by atoms with Crippen molar-refractivity contribution in [2.24, 2.45) is 0 Å². The summed E-state index contributed by atoms with van der Waals surface area (Å²) in [6.07, 6.45) is 3.05. The van der Waals surface area contributed by atoms with Crippen LogP contribution in [0.2, 0.25) is 5.02 Å². The van der Waals surface area contributed by atoms with Gasteiger partial charge in [0.25, 0.3) is 0 Å². The molecule has 1 aromatic carbocycles. The largest absolute Gasteiger partial charge is 0.480 e. The minimum Gasteiger partial charge on any atom is -0.480 e. The van der Waals surface area contributed by atoms with Crippen molar-refractivity contribution in [3.63, 3.8) is 0 Å². The molecule has 10 heteroatoms. The standard InChI is InChI=1S/C25H28ClF2N5OS/c1-16(2)33-10-8-32(9-11-33)15-17-4-5-20(24(28)23(17)27)21-13-19(6-7-29-21)31-35-22-12-18(26)14-30-25(22)34-3/h4-7,12-14,16H,8-11,15H2,1-3H3,(H,29,31). The topological polar surface area (TPSA) is 53.5 Å². The summed E-state index contributed by atoms with van der Waals surface area (Å²) in [5.74, 6) is -1.28. The van der Waals surface area contributed by atoms with Crippen LogP contribution in [0.4, 0.5) is 14.5 Å². The lowest BCUT2D eigenvalue weighted by Gasteiger charge is -2.37. The van der Waals surface area contributed by atoms with Gasteiger partial charge < -0.3 is 9.46 Å². The fraction of sp³-hybridized carbons (Fsp3) is 0.360. The molecule has 0 bridgehead atoms. The van der Waals surface area contributed by atoms with Gasteiger partial charge in [-0.15, -0.1) is 0 Å². The van der Waals surface area contributed by atoms with Gasteiger partial charge in [-0.05, 0) is 50.1 Å². The molecule has 1 aliphatic heterocycles. The molecule has 4 rings (SSSR count). The van der Waals surface area contributed by atoms with Crippen LogP contribution in [-0.4, -0.2) is 59.1 Å². The molecule has 0 spiro atoms. The number of nitrogens with one attached hydrogen (secondary N) is 1. The van der Waals surface area contributed by atoms with Crippen molar-refractivity contribution in [3.05, 3.63) is 64.9 Å². The summed E-state index contributed by atoms with van der Waals surface area (Å²) < 4.78 is 38.5. The lowest BCUT2D eigenvalue weighted by Crippen LogP contribution is -2.48. The molecule has 6 nitrogen and oxygen atoms in total. The Morgan fingerprint density at radius 3 is 2.57 bits per heavy atom. The first-order chi connectivity index (χ1) is 16.9. The average Bonchev–Trinajstić information content (AvgIpc) is 2.86. The first-order valence-electron chi connectivity index (χ1n) is 11.4. The Labute approximate surface area is 213 Å². The Hall–Kier alpha value is -2.46. The molecule has 0 aliphatic carbocycles. The van der Waals surface area contributed by atoms with Gasteiger partial charge in [-0.2, -0.15) is 0 Å². The lowest BCUT2D eigenvalue weighted by atomic mass is 10.1. The van der Waals surface area contributed by atoms with E-state index in [1.54, 1.807) is 36.5 Å². The molecule has 3 heterocycles. The van der Waals surface area contributed by atoms with Crippen molar-refractivity contribution in [2.75, 3.05) is 38.0 Å². The van der Waals surface area contributed by atoms with E-state index >= 15 is 8.78 Å². The number of aromatic nitrogens is 2. The molecule has 2 aromatic heterocycles. The van der Waals surface area contributed by atoms with E-state index in [9.17, 15) is 0 Å². The molecule has 186 valence electrons. The predicted molar refractivity (Wildman–Crippen MR) is 137 cm³/mol. The third kappa shape index (κ3) is 6.22. The van der Waals surface area contributed by atoms with Crippen LogP contribution in [0, 0.1) is 11.6 Å². The normalized spacial score (nSPS) is 14.9. The highest BCUT2D eigenvalue weighted by molar-refractivity contribution is 8.00. The van der Waals surface area contributed by atoms with Crippen molar-refractivity contribution in [2.45, 2.75) is 31.3 Å². The predicted octanol–water partition coefficient (Wildman–Crippen LogP) is 5.73. The summed E-state index contributed by atoms with van der Waals surface area (Å²) in [6.45, 7) is 8.26. The van der Waals surface area contributed by atoms with E-state index in [0.29, 0.717) is 45.3 Å². The number of anilines is 1. The second-order valence-corrected chi connectivity index (χ2v) is 9.89. The van der Waals surface area contributed by atoms with Gasteiger partial charge in [0.05, 0.1) is 22.7 Å². The van der Waals surface area contributed by atoms with Crippen LogP contribution in [0.15, 0.2) is 47.6 Å². The zero-order valence-corrected chi connectivity index (χ0v) is 21.5. The number of hydrogen-bond acceptors (Lipinski definition) is 7. The fourth-order valence-corrected chi connectivity index (χ4v) is 4.96. The number of ether oxygens (including phenoxy) is 1. The Balaban J connectivity index is 1.46. The van der Waals surface area contributed by atoms with Crippen LogP contribution < -0.4 is 9.46 Å². The molecular formula is C25H28ClF2N5OS. The minimum atomic E-state index is -0.888. The third-order valence-electron chi connectivity index (χ3n) is 5.99. The van der Waals surface area contributed by atoms with E-state index in [0.717, 1.165) is 26.2 Å². The van der Waals surface area contributed by atoms with E-state index in [4.69, 9.17) is 16.3 Å². The molecule has 35 heavy (non-hydrogen) atoms. The van der Waals surface area contributed by atoms with Gasteiger partial charge in [0, 0.05) is 68.0 Å². The summed E-state index contributed by atoms with van der Waals surface area (Å²) in [5, 5.41) is 0.477. The maximum absolute atomic E-state index is 15.1. The molecule has 1 aliphatic rings. The molecule has 0 radical (unpaired) electrons. The van der Waals surface area contributed by atoms with Crippen molar-refractivity contribution in [1.82, 2.24) is 19.8 Å². The number of hydrogen-bond donors (Lipinski definition) is 1. The second kappa shape index (κ2) is 11.5. The maximum atomic E-state index is 15.1. The van der Waals surface area contributed by atoms with Gasteiger partial charge in [0.1, 0.15) is 0 Å². The quantitative estimate of drug-likeness (QED) is 0.381. The molecule has 1 fully saturated rings. The van der Waals surface area contributed by atoms with Crippen LogP contribution >= 0.6 is 23.5 Å². The van der Waals surface area contributed by atoms with Gasteiger partial charge >= 0.3 is 0 Å². The minimum absolute atomic E-state index is 0.117. The highest BCUT2D eigenvalue weighted by Gasteiger charge is 2.22. The molecule has 0 amide bonds. The number of methoxy groups -OCH3 is 1. The second-order valence-electron chi connectivity index (χ2n) is 8.60. The number of piperazine rings is 1. The van der Waals surface area contributed by atoms with Crippen LogP contribution in [0.5, 0.6) is 5.88 Å². The SMILES string of the molecule is COc1ncc(Cl)cc1SNc1ccnc(-c2ccc(CN3CCN(C(C)C)CC3)c(F)c2F)c1.